The van der Waals surface area contributed by atoms with E-state index in [2.05, 4.69) is 0 Å². The van der Waals surface area contributed by atoms with Crippen LogP contribution in [0.5, 0.6) is 0 Å². The van der Waals surface area contributed by atoms with Crippen molar-refractivity contribution in [2.24, 2.45) is 12.8 Å². The quantitative estimate of drug-likeness (QED) is 0.495. The smallest absolute Gasteiger partial charge is 0.320 e. The van der Waals surface area contributed by atoms with E-state index in [0.717, 1.165) is 16.1 Å². The molecule has 0 saturated carbocycles. The van der Waals surface area contributed by atoms with Gasteiger partial charge in [0.2, 0.25) is 0 Å². The van der Waals surface area contributed by atoms with Gasteiger partial charge in [-0.05, 0) is 24.8 Å². The van der Waals surface area contributed by atoms with Crippen LogP contribution in [0.2, 0.25) is 0 Å². The second-order valence-electron chi connectivity index (χ2n) is 5.04. The molecule has 2 aromatic rings. The maximum atomic E-state index is 11.3. The van der Waals surface area contributed by atoms with E-state index in [1.165, 1.54) is 17.8 Å². The number of non-ortho nitro benzene ring substituents is 1. The van der Waals surface area contributed by atoms with Gasteiger partial charge in [-0.25, -0.2) is 0 Å². The van der Waals surface area contributed by atoms with Crippen molar-refractivity contribution < 1.29 is 14.8 Å². The van der Waals surface area contributed by atoms with Crippen LogP contribution in [0.25, 0.3) is 10.9 Å². The number of nitrogens with two attached hydrogens (primary N) is 1. The van der Waals surface area contributed by atoms with Crippen LogP contribution in [0.4, 0.5) is 5.69 Å². The van der Waals surface area contributed by atoms with E-state index in [1.807, 2.05) is 24.8 Å². The molecule has 118 valence electrons. The van der Waals surface area contributed by atoms with Crippen LogP contribution in [-0.4, -0.2) is 32.9 Å². The standard InChI is InChI=1S/C14H17N3O4S/c1-7-8(6-9(15)14(18)19)12-10(17(20)21)4-5-11(22-3)13(12)16(7)2/h4-5,9H,6,15H2,1-3H3,(H,18,19). The summed E-state index contributed by atoms with van der Waals surface area (Å²) in [5.41, 5.74) is 7.76. The zero-order valence-corrected chi connectivity index (χ0v) is 13.3. The summed E-state index contributed by atoms with van der Waals surface area (Å²) in [6.07, 6.45) is 1.95. The van der Waals surface area contributed by atoms with Crippen LogP contribution in [0.1, 0.15) is 11.3 Å². The largest absolute Gasteiger partial charge is 0.480 e. The molecule has 0 aliphatic heterocycles. The summed E-state index contributed by atoms with van der Waals surface area (Å²) in [5, 5.41) is 20.9. The highest BCUT2D eigenvalue weighted by Gasteiger charge is 2.26. The van der Waals surface area contributed by atoms with Crippen molar-refractivity contribution in [3.8, 4) is 0 Å². The summed E-state index contributed by atoms with van der Waals surface area (Å²) < 4.78 is 1.86. The van der Waals surface area contributed by atoms with Crippen molar-refractivity contribution in [2.75, 3.05) is 6.26 Å². The average Bonchev–Trinajstić information content (AvgIpc) is 2.71. The van der Waals surface area contributed by atoms with E-state index in [-0.39, 0.29) is 12.1 Å². The molecule has 8 heteroatoms. The van der Waals surface area contributed by atoms with Gasteiger partial charge in [0.25, 0.3) is 5.69 Å². The first-order valence-electron chi connectivity index (χ1n) is 6.57. The normalized spacial score (nSPS) is 12.5. The van der Waals surface area contributed by atoms with Crippen molar-refractivity contribution in [2.45, 2.75) is 24.3 Å². The predicted molar refractivity (Wildman–Crippen MR) is 85.4 cm³/mol. The Hall–Kier alpha value is -2.06. The molecule has 0 aliphatic carbocycles. The van der Waals surface area contributed by atoms with Gasteiger partial charge in [0, 0.05) is 30.1 Å². The third kappa shape index (κ3) is 2.55. The van der Waals surface area contributed by atoms with E-state index in [1.54, 1.807) is 6.07 Å². The Kier molecular flexibility index (Phi) is 4.43. The SMILES string of the molecule is CSc1ccc([N+](=O)[O-])c2c(CC(N)C(=O)O)c(C)n(C)c12. The number of fused-ring (bicyclic) bond motifs is 1. The molecule has 2 rings (SSSR count). The van der Waals surface area contributed by atoms with Gasteiger partial charge in [0.05, 0.1) is 15.8 Å². The summed E-state index contributed by atoms with van der Waals surface area (Å²) in [7, 11) is 1.82. The molecular formula is C14H17N3O4S. The topological polar surface area (TPSA) is 111 Å². The molecule has 1 atom stereocenters. The van der Waals surface area contributed by atoms with Gasteiger partial charge in [-0.2, -0.15) is 0 Å². The minimum absolute atomic E-state index is 0.0240. The summed E-state index contributed by atoms with van der Waals surface area (Å²) in [6.45, 7) is 1.82. The monoisotopic (exact) mass is 323 g/mol. The number of benzene rings is 1. The number of rotatable bonds is 5. The lowest BCUT2D eigenvalue weighted by molar-refractivity contribution is -0.383. The number of carbonyl (C=O) groups is 1. The van der Waals surface area contributed by atoms with Crippen molar-refractivity contribution in [1.82, 2.24) is 4.57 Å². The number of carboxylic acids is 1. The Balaban J connectivity index is 2.82. The van der Waals surface area contributed by atoms with Gasteiger partial charge >= 0.3 is 5.97 Å². The molecule has 0 aliphatic rings. The Bertz CT molecular complexity index is 769. The lowest BCUT2D eigenvalue weighted by atomic mass is 10.0. The molecule has 0 bridgehead atoms. The molecule has 0 radical (unpaired) electrons. The molecule has 0 fully saturated rings. The summed E-state index contributed by atoms with van der Waals surface area (Å²) in [4.78, 5) is 22.8. The van der Waals surface area contributed by atoms with Crippen LogP contribution >= 0.6 is 11.8 Å². The number of aryl methyl sites for hydroxylation is 1. The maximum Gasteiger partial charge on any atom is 0.320 e. The Morgan fingerprint density at radius 3 is 2.68 bits per heavy atom. The van der Waals surface area contributed by atoms with E-state index >= 15 is 0 Å². The Morgan fingerprint density at radius 1 is 1.55 bits per heavy atom. The first-order chi connectivity index (χ1) is 10.3. The van der Waals surface area contributed by atoms with Gasteiger partial charge in [0.1, 0.15) is 6.04 Å². The highest BCUT2D eigenvalue weighted by atomic mass is 32.2. The van der Waals surface area contributed by atoms with E-state index in [0.29, 0.717) is 10.9 Å². The fourth-order valence-electron chi connectivity index (χ4n) is 2.62. The number of hydrogen-bond acceptors (Lipinski definition) is 5. The second kappa shape index (κ2) is 5.98. The predicted octanol–water partition coefficient (Wildman–Crippen LogP) is 2.07. The number of carboxylic acid groups (broad SMARTS) is 1. The van der Waals surface area contributed by atoms with Crippen molar-refractivity contribution in [1.29, 1.82) is 0 Å². The minimum atomic E-state index is -1.12. The molecule has 1 unspecified atom stereocenters. The highest BCUT2D eigenvalue weighted by Crippen LogP contribution is 2.38. The molecule has 1 aromatic heterocycles. The maximum absolute atomic E-state index is 11.3. The number of nitro groups is 1. The summed E-state index contributed by atoms with van der Waals surface area (Å²) in [5.74, 6) is -1.12. The van der Waals surface area contributed by atoms with Gasteiger partial charge in [-0.15, -0.1) is 11.8 Å². The van der Waals surface area contributed by atoms with Crippen molar-refractivity contribution in [3.05, 3.63) is 33.5 Å². The van der Waals surface area contributed by atoms with Crippen molar-refractivity contribution >= 4 is 34.3 Å². The lowest BCUT2D eigenvalue weighted by Gasteiger charge is -2.07. The number of aromatic nitrogens is 1. The molecule has 1 heterocycles. The van der Waals surface area contributed by atoms with Crippen LogP contribution in [-0.2, 0) is 18.3 Å². The van der Waals surface area contributed by atoms with Gasteiger partial charge < -0.3 is 15.4 Å². The van der Waals surface area contributed by atoms with Gasteiger partial charge in [-0.1, -0.05) is 0 Å². The number of thioether (sulfide) groups is 1. The zero-order valence-electron chi connectivity index (χ0n) is 12.5. The molecule has 0 amide bonds. The van der Waals surface area contributed by atoms with Crippen LogP contribution in [0, 0.1) is 17.0 Å². The van der Waals surface area contributed by atoms with E-state index < -0.39 is 16.9 Å². The number of aliphatic carboxylic acids is 1. The Morgan fingerprint density at radius 2 is 2.18 bits per heavy atom. The zero-order chi connectivity index (χ0) is 16.6. The molecule has 0 spiro atoms. The number of nitrogens with zero attached hydrogens (tertiary/aromatic N) is 2. The number of nitro benzene ring substituents is 1. The molecule has 7 nitrogen and oxygen atoms in total. The average molecular weight is 323 g/mol. The van der Waals surface area contributed by atoms with Crippen LogP contribution in [0.15, 0.2) is 17.0 Å². The molecular weight excluding hydrogens is 306 g/mol. The van der Waals surface area contributed by atoms with E-state index in [9.17, 15) is 14.9 Å². The first-order valence-corrected chi connectivity index (χ1v) is 7.79. The molecule has 22 heavy (non-hydrogen) atoms. The molecule has 3 N–H and O–H groups in total. The summed E-state index contributed by atoms with van der Waals surface area (Å²) >= 11 is 1.49. The molecule has 0 saturated heterocycles. The van der Waals surface area contributed by atoms with Crippen LogP contribution in [0.3, 0.4) is 0 Å². The third-order valence-corrected chi connectivity index (χ3v) is 4.62. The summed E-state index contributed by atoms with van der Waals surface area (Å²) in [6, 6.07) is 2.08. The fourth-order valence-corrected chi connectivity index (χ4v) is 3.25. The first kappa shape index (κ1) is 16.3. The highest BCUT2D eigenvalue weighted by molar-refractivity contribution is 7.98. The molecule has 1 aromatic carbocycles. The third-order valence-electron chi connectivity index (χ3n) is 3.85. The number of hydrogen-bond donors (Lipinski definition) is 2. The fraction of sp³-hybridized carbons (Fsp3) is 0.357. The van der Waals surface area contributed by atoms with Crippen LogP contribution < -0.4 is 5.73 Å². The second-order valence-corrected chi connectivity index (χ2v) is 5.89. The Labute approximate surface area is 131 Å². The van der Waals surface area contributed by atoms with Gasteiger partial charge in [0.15, 0.2) is 0 Å². The van der Waals surface area contributed by atoms with Gasteiger partial charge in [-0.3, -0.25) is 14.9 Å². The van der Waals surface area contributed by atoms with E-state index in [4.69, 9.17) is 10.8 Å². The lowest BCUT2D eigenvalue weighted by Crippen LogP contribution is -2.32. The van der Waals surface area contributed by atoms with Crippen molar-refractivity contribution in [3.63, 3.8) is 0 Å². The minimum Gasteiger partial charge on any atom is -0.480 e.